The largest absolute Gasteiger partial charge is 0.236 e. The van der Waals surface area contributed by atoms with E-state index in [4.69, 9.17) is 0 Å². The highest BCUT2D eigenvalue weighted by molar-refractivity contribution is 7.98. The summed E-state index contributed by atoms with van der Waals surface area (Å²) >= 11 is 1.15. The van der Waals surface area contributed by atoms with E-state index >= 15 is 0 Å². The van der Waals surface area contributed by atoms with Crippen LogP contribution in [0.2, 0.25) is 0 Å². The minimum absolute atomic E-state index is 0.171. The van der Waals surface area contributed by atoms with Gasteiger partial charge in [-0.3, -0.25) is 0 Å². The van der Waals surface area contributed by atoms with Crippen LogP contribution in [0, 0.1) is 10.1 Å². The molecule has 1 aliphatic heterocycles. The van der Waals surface area contributed by atoms with Crippen LogP contribution in [0.4, 0.5) is 0 Å². The van der Waals surface area contributed by atoms with E-state index in [-0.39, 0.29) is 5.84 Å². The lowest BCUT2D eigenvalue weighted by Gasteiger charge is -1.76. The zero-order chi connectivity index (χ0) is 6.69. The van der Waals surface area contributed by atoms with Crippen LogP contribution in [0.25, 0.3) is 0 Å². The average molecular weight is 146 g/mol. The summed E-state index contributed by atoms with van der Waals surface area (Å²) in [7, 11) is 0. The van der Waals surface area contributed by atoms with Crippen LogP contribution >= 0.6 is 11.9 Å². The standard InChI is InChI=1S/C2H2N4O2S/c7-6(8)4-2-1-9-5-3-2/h1H2. The summed E-state index contributed by atoms with van der Waals surface area (Å²) < 4.78 is 3.42. The highest BCUT2D eigenvalue weighted by Gasteiger charge is 2.08. The number of hydrazone groups is 1. The van der Waals surface area contributed by atoms with Crippen molar-refractivity contribution in [3.63, 3.8) is 0 Å². The van der Waals surface area contributed by atoms with E-state index in [0.29, 0.717) is 5.75 Å². The minimum Gasteiger partial charge on any atom is -0.233 e. The molecule has 0 bridgehead atoms. The molecule has 0 aromatic carbocycles. The maximum absolute atomic E-state index is 9.66. The topological polar surface area (TPSA) is 80.2 Å². The third-order valence-corrected chi connectivity index (χ3v) is 1.19. The molecule has 0 saturated heterocycles. The number of nitro groups is 1. The van der Waals surface area contributed by atoms with Crippen molar-refractivity contribution in [2.24, 2.45) is 14.7 Å². The molecule has 0 atom stereocenters. The monoisotopic (exact) mass is 146 g/mol. The SMILES string of the molecule is O=[N+]([O-])N=C1CSN=N1. The molecule has 0 aromatic rings. The van der Waals surface area contributed by atoms with Gasteiger partial charge in [0, 0.05) is 11.9 Å². The summed E-state index contributed by atoms with van der Waals surface area (Å²) in [5, 5.41) is 15.2. The number of amidine groups is 1. The maximum Gasteiger partial charge on any atom is 0.236 e. The van der Waals surface area contributed by atoms with Crippen LogP contribution < -0.4 is 0 Å². The van der Waals surface area contributed by atoms with Crippen molar-refractivity contribution in [1.29, 1.82) is 0 Å². The van der Waals surface area contributed by atoms with Crippen LogP contribution in [0.5, 0.6) is 0 Å². The first kappa shape index (κ1) is 6.14. The second-order valence-corrected chi connectivity index (χ2v) is 1.92. The van der Waals surface area contributed by atoms with Gasteiger partial charge in [0.25, 0.3) is 0 Å². The van der Waals surface area contributed by atoms with Crippen molar-refractivity contribution in [3.05, 3.63) is 10.1 Å². The van der Waals surface area contributed by atoms with Crippen LogP contribution in [-0.4, -0.2) is 16.6 Å². The van der Waals surface area contributed by atoms with Crippen molar-refractivity contribution in [2.75, 3.05) is 5.75 Å². The Hall–Kier alpha value is -0.980. The molecule has 0 spiro atoms. The molecule has 0 amide bonds. The minimum atomic E-state index is -0.778. The quantitative estimate of drug-likeness (QED) is 0.310. The van der Waals surface area contributed by atoms with Gasteiger partial charge in [0.1, 0.15) is 0 Å². The fourth-order valence-electron chi connectivity index (χ4n) is 0.335. The molecule has 0 radical (unpaired) electrons. The smallest absolute Gasteiger partial charge is 0.233 e. The highest BCUT2D eigenvalue weighted by atomic mass is 32.2. The van der Waals surface area contributed by atoms with Gasteiger partial charge in [-0.2, -0.15) is 0 Å². The zero-order valence-electron chi connectivity index (χ0n) is 4.22. The summed E-state index contributed by atoms with van der Waals surface area (Å²) in [5.41, 5.74) is 0. The van der Waals surface area contributed by atoms with E-state index < -0.39 is 5.03 Å². The number of hydrogen-bond acceptors (Lipinski definition) is 4. The fourth-order valence-corrected chi connectivity index (χ4v) is 0.775. The van der Waals surface area contributed by atoms with Gasteiger partial charge >= 0.3 is 0 Å². The van der Waals surface area contributed by atoms with E-state index in [1.165, 1.54) is 0 Å². The van der Waals surface area contributed by atoms with E-state index in [2.05, 4.69) is 14.7 Å². The van der Waals surface area contributed by atoms with Gasteiger partial charge in [-0.05, 0) is 0 Å². The second kappa shape index (κ2) is 2.53. The second-order valence-electron chi connectivity index (χ2n) is 1.21. The van der Waals surface area contributed by atoms with Crippen LogP contribution in [0.3, 0.4) is 0 Å². The van der Waals surface area contributed by atoms with Gasteiger partial charge in [0.2, 0.25) is 5.84 Å². The lowest BCUT2D eigenvalue weighted by atomic mass is 10.7. The normalized spacial score (nSPS) is 21.1. The molecule has 48 valence electrons. The van der Waals surface area contributed by atoms with E-state index in [9.17, 15) is 10.1 Å². The molecule has 0 fully saturated rings. The molecular formula is C2H2N4O2S. The molecule has 7 heteroatoms. The Morgan fingerprint density at radius 2 is 2.67 bits per heavy atom. The molecule has 6 nitrogen and oxygen atoms in total. The predicted molar refractivity (Wildman–Crippen MR) is 31.7 cm³/mol. The molecule has 0 unspecified atom stereocenters. The Kier molecular flexibility index (Phi) is 1.73. The number of nitrogens with zero attached hydrogens (tertiary/aromatic N) is 4. The Morgan fingerprint density at radius 3 is 3.11 bits per heavy atom. The molecule has 0 N–H and O–H groups in total. The highest BCUT2D eigenvalue weighted by Crippen LogP contribution is 2.11. The lowest BCUT2D eigenvalue weighted by Crippen LogP contribution is -1.96. The molecule has 0 saturated carbocycles. The van der Waals surface area contributed by atoms with Crippen LogP contribution in [0.1, 0.15) is 0 Å². The molecule has 1 heterocycles. The molecule has 9 heavy (non-hydrogen) atoms. The van der Waals surface area contributed by atoms with E-state index in [0.717, 1.165) is 11.9 Å². The summed E-state index contributed by atoms with van der Waals surface area (Å²) in [4.78, 5) is 9.66. The van der Waals surface area contributed by atoms with E-state index in [1.807, 2.05) is 0 Å². The maximum atomic E-state index is 9.66. The lowest BCUT2D eigenvalue weighted by molar-refractivity contribution is -0.485. The molecule has 0 aromatic heterocycles. The van der Waals surface area contributed by atoms with Gasteiger partial charge in [-0.25, -0.2) is 10.1 Å². The first-order valence-electron chi connectivity index (χ1n) is 2.04. The molecule has 1 rings (SSSR count). The molecular weight excluding hydrogens is 144 g/mol. The van der Waals surface area contributed by atoms with Crippen molar-refractivity contribution >= 4 is 17.8 Å². The van der Waals surface area contributed by atoms with Gasteiger partial charge in [-0.15, -0.1) is 9.63 Å². The Balaban J connectivity index is 2.61. The van der Waals surface area contributed by atoms with Crippen LogP contribution in [-0.2, 0) is 0 Å². The van der Waals surface area contributed by atoms with Gasteiger partial charge in [0.15, 0.2) is 5.03 Å². The van der Waals surface area contributed by atoms with Gasteiger partial charge in [-0.1, -0.05) is 0 Å². The predicted octanol–water partition coefficient (Wildman–Crippen LogP) is 0.691. The van der Waals surface area contributed by atoms with Gasteiger partial charge < -0.3 is 0 Å². The van der Waals surface area contributed by atoms with Crippen molar-refractivity contribution in [2.45, 2.75) is 0 Å². The number of hydrogen-bond donors (Lipinski definition) is 0. The Labute approximate surface area is 54.3 Å². The van der Waals surface area contributed by atoms with E-state index in [1.54, 1.807) is 0 Å². The van der Waals surface area contributed by atoms with Gasteiger partial charge in [0.05, 0.1) is 10.9 Å². The average Bonchev–Trinajstić information content (AvgIpc) is 2.15. The third kappa shape index (κ3) is 1.76. The first-order valence-corrected chi connectivity index (χ1v) is 2.98. The van der Waals surface area contributed by atoms with Crippen molar-refractivity contribution < 1.29 is 5.03 Å². The first-order chi connectivity index (χ1) is 4.29. The summed E-state index contributed by atoms with van der Waals surface area (Å²) in [6.07, 6.45) is 0. The van der Waals surface area contributed by atoms with Crippen molar-refractivity contribution in [1.82, 2.24) is 0 Å². The Bertz CT molecular complexity index is 187. The molecule has 1 aliphatic rings. The summed E-state index contributed by atoms with van der Waals surface area (Å²) in [6.45, 7) is 0. The third-order valence-electron chi connectivity index (χ3n) is 0.605. The van der Waals surface area contributed by atoms with Crippen molar-refractivity contribution in [3.8, 4) is 0 Å². The Morgan fingerprint density at radius 1 is 1.89 bits per heavy atom. The molecule has 0 aliphatic carbocycles. The fraction of sp³-hybridized carbons (Fsp3) is 0.500. The number of rotatable bonds is 1. The van der Waals surface area contributed by atoms with Crippen LogP contribution in [0.15, 0.2) is 14.7 Å². The summed E-state index contributed by atoms with van der Waals surface area (Å²) in [5.74, 6) is 0.575. The zero-order valence-corrected chi connectivity index (χ0v) is 5.04. The summed E-state index contributed by atoms with van der Waals surface area (Å²) in [6, 6.07) is 0.